The second-order valence-corrected chi connectivity index (χ2v) is 4.23. The van der Waals surface area contributed by atoms with Gasteiger partial charge in [0.1, 0.15) is 5.69 Å². The molecule has 0 saturated carbocycles. The van der Waals surface area contributed by atoms with Crippen LogP contribution < -0.4 is 10.6 Å². The summed E-state index contributed by atoms with van der Waals surface area (Å²) in [5.41, 5.74) is 1.31. The first kappa shape index (κ1) is 15.4. The van der Waals surface area contributed by atoms with Crippen LogP contribution in [0.25, 0.3) is 0 Å². The van der Waals surface area contributed by atoms with Crippen LogP contribution in [0.1, 0.15) is 10.5 Å². The summed E-state index contributed by atoms with van der Waals surface area (Å²) in [6, 6.07) is 3.59. The average Bonchev–Trinajstić information content (AvgIpc) is 2.44. The molecule has 0 unspecified atom stereocenters. The summed E-state index contributed by atoms with van der Waals surface area (Å²) in [6.07, 6.45) is 1.63. The minimum atomic E-state index is -0.180. The Hall–Kier alpha value is -1.66. The third-order valence-corrected chi connectivity index (χ3v) is 2.72. The molecule has 1 aromatic heterocycles. The largest absolute Gasteiger partial charge is 0.384 e. The molecular formula is C13H22N4O2. The first-order valence-electron chi connectivity index (χ1n) is 6.27. The second-order valence-electron chi connectivity index (χ2n) is 4.23. The maximum Gasteiger partial charge on any atom is 0.269 e. The van der Waals surface area contributed by atoms with Gasteiger partial charge in [0.2, 0.25) is 0 Å². The van der Waals surface area contributed by atoms with E-state index in [1.54, 1.807) is 26.4 Å². The number of nitrogens with one attached hydrogen (secondary N) is 2. The number of methoxy groups -OCH3 is 1. The van der Waals surface area contributed by atoms with Crippen LogP contribution in [0.3, 0.4) is 0 Å². The van der Waals surface area contributed by atoms with Crippen molar-refractivity contribution in [3.8, 4) is 0 Å². The van der Waals surface area contributed by atoms with Crippen molar-refractivity contribution < 1.29 is 9.53 Å². The fourth-order valence-electron chi connectivity index (χ4n) is 1.54. The van der Waals surface area contributed by atoms with Gasteiger partial charge in [0.25, 0.3) is 5.91 Å². The van der Waals surface area contributed by atoms with E-state index >= 15 is 0 Å². The molecule has 0 bridgehead atoms. The van der Waals surface area contributed by atoms with Crippen molar-refractivity contribution in [2.45, 2.75) is 0 Å². The third-order valence-electron chi connectivity index (χ3n) is 2.72. The summed E-state index contributed by atoms with van der Waals surface area (Å²) in [4.78, 5) is 17.6. The van der Waals surface area contributed by atoms with Crippen LogP contribution in [0.4, 0.5) is 5.69 Å². The number of pyridine rings is 1. The van der Waals surface area contributed by atoms with E-state index in [0.29, 0.717) is 5.69 Å². The molecule has 0 aliphatic rings. The summed E-state index contributed by atoms with van der Waals surface area (Å²) in [5, 5.41) is 5.82. The van der Waals surface area contributed by atoms with Crippen molar-refractivity contribution in [2.75, 3.05) is 52.8 Å². The molecule has 0 aliphatic carbocycles. The molecule has 0 atom stereocenters. The lowest BCUT2D eigenvalue weighted by Gasteiger charge is -2.16. The fraction of sp³-hybridized carbons (Fsp3) is 0.538. The number of ether oxygens (including phenoxy) is 1. The van der Waals surface area contributed by atoms with Crippen LogP contribution >= 0.6 is 0 Å². The zero-order chi connectivity index (χ0) is 14.1. The number of hydrogen-bond acceptors (Lipinski definition) is 5. The zero-order valence-corrected chi connectivity index (χ0v) is 11.8. The van der Waals surface area contributed by atoms with Crippen molar-refractivity contribution in [1.82, 2.24) is 15.2 Å². The molecular weight excluding hydrogens is 244 g/mol. The molecule has 0 aliphatic heterocycles. The topological polar surface area (TPSA) is 66.5 Å². The van der Waals surface area contributed by atoms with Crippen LogP contribution in [-0.4, -0.2) is 63.2 Å². The highest BCUT2D eigenvalue weighted by atomic mass is 16.5. The number of nitrogens with zero attached hydrogens (tertiary/aromatic N) is 2. The Balaban J connectivity index is 2.39. The summed E-state index contributed by atoms with van der Waals surface area (Å²) in [5.74, 6) is -0.180. The van der Waals surface area contributed by atoms with Gasteiger partial charge in [-0.1, -0.05) is 0 Å². The zero-order valence-electron chi connectivity index (χ0n) is 11.8. The molecule has 0 fully saturated rings. The Bertz CT molecular complexity index is 398. The summed E-state index contributed by atoms with van der Waals surface area (Å²) in [6.45, 7) is 3.34. The van der Waals surface area contributed by atoms with Crippen molar-refractivity contribution >= 4 is 11.6 Å². The molecule has 1 rings (SSSR count). The lowest BCUT2D eigenvalue weighted by atomic mass is 10.3. The van der Waals surface area contributed by atoms with Gasteiger partial charge in [-0.2, -0.15) is 0 Å². The number of carbonyl (C=O) groups excluding carboxylic acids is 1. The number of carbonyl (C=O) groups is 1. The monoisotopic (exact) mass is 266 g/mol. The lowest BCUT2D eigenvalue weighted by molar-refractivity contribution is 0.0958. The maximum atomic E-state index is 11.4. The van der Waals surface area contributed by atoms with E-state index in [9.17, 15) is 4.79 Å². The van der Waals surface area contributed by atoms with Gasteiger partial charge in [-0.3, -0.25) is 9.78 Å². The predicted molar refractivity (Wildman–Crippen MR) is 75.5 cm³/mol. The predicted octanol–water partition coefficient (Wildman–Crippen LogP) is 0.431. The van der Waals surface area contributed by atoms with Gasteiger partial charge in [-0.15, -0.1) is 0 Å². The normalized spacial score (nSPS) is 10.5. The van der Waals surface area contributed by atoms with Gasteiger partial charge in [-0.25, -0.2) is 0 Å². The van der Waals surface area contributed by atoms with Crippen LogP contribution in [0.15, 0.2) is 18.3 Å². The minimum absolute atomic E-state index is 0.180. The van der Waals surface area contributed by atoms with Gasteiger partial charge in [0.05, 0.1) is 6.61 Å². The smallest absolute Gasteiger partial charge is 0.269 e. The van der Waals surface area contributed by atoms with Crippen LogP contribution in [-0.2, 0) is 4.74 Å². The molecule has 1 heterocycles. The van der Waals surface area contributed by atoms with Crippen molar-refractivity contribution in [3.63, 3.8) is 0 Å². The van der Waals surface area contributed by atoms with Crippen LogP contribution in [0.2, 0.25) is 0 Å². The molecule has 1 amide bonds. The van der Waals surface area contributed by atoms with Gasteiger partial charge in [-0.05, 0) is 19.2 Å². The Labute approximate surface area is 114 Å². The minimum Gasteiger partial charge on any atom is -0.384 e. The Morgan fingerprint density at radius 1 is 1.47 bits per heavy atom. The van der Waals surface area contributed by atoms with Gasteiger partial charge < -0.3 is 20.3 Å². The molecule has 2 N–H and O–H groups in total. The number of rotatable bonds is 8. The third kappa shape index (κ3) is 5.67. The van der Waals surface area contributed by atoms with Crippen LogP contribution in [0.5, 0.6) is 0 Å². The Morgan fingerprint density at radius 2 is 2.26 bits per heavy atom. The Kier molecular flexibility index (Phi) is 6.84. The molecule has 0 aromatic carbocycles. The maximum absolute atomic E-state index is 11.4. The van der Waals surface area contributed by atoms with Gasteiger partial charge in [0.15, 0.2) is 0 Å². The standard InChI is InChI=1S/C13H22N4O2/c1-14-13(18)12-10-11(4-5-16-12)15-6-7-17(2)8-9-19-3/h4-5,10H,6-9H2,1-3H3,(H,14,18)(H,15,16). The van der Waals surface area contributed by atoms with E-state index in [4.69, 9.17) is 4.74 Å². The molecule has 6 heteroatoms. The summed E-state index contributed by atoms with van der Waals surface area (Å²) < 4.78 is 5.02. The van der Waals surface area contributed by atoms with Crippen molar-refractivity contribution in [1.29, 1.82) is 0 Å². The SMILES string of the molecule is CNC(=O)c1cc(NCCN(C)CCOC)ccn1. The molecule has 6 nitrogen and oxygen atoms in total. The number of amides is 1. The number of anilines is 1. The van der Waals surface area contributed by atoms with E-state index in [1.807, 2.05) is 13.1 Å². The molecule has 0 spiro atoms. The highest BCUT2D eigenvalue weighted by Gasteiger charge is 2.05. The Morgan fingerprint density at radius 3 is 2.95 bits per heavy atom. The second kappa shape index (κ2) is 8.44. The number of likely N-dealkylation sites (N-methyl/N-ethyl adjacent to an activating group) is 1. The molecule has 0 radical (unpaired) electrons. The number of hydrogen-bond donors (Lipinski definition) is 2. The van der Waals surface area contributed by atoms with E-state index < -0.39 is 0 Å². The number of aromatic nitrogens is 1. The van der Waals surface area contributed by atoms with E-state index in [0.717, 1.165) is 31.9 Å². The summed E-state index contributed by atoms with van der Waals surface area (Å²) in [7, 11) is 5.33. The van der Waals surface area contributed by atoms with E-state index in [-0.39, 0.29) is 5.91 Å². The molecule has 19 heavy (non-hydrogen) atoms. The van der Waals surface area contributed by atoms with Crippen molar-refractivity contribution in [2.24, 2.45) is 0 Å². The first-order chi connectivity index (χ1) is 9.17. The average molecular weight is 266 g/mol. The molecule has 1 aromatic rings. The summed E-state index contributed by atoms with van der Waals surface area (Å²) >= 11 is 0. The fourth-order valence-corrected chi connectivity index (χ4v) is 1.54. The van der Waals surface area contributed by atoms with E-state index in [1.165, 1.54) is 0 Å². The lowest BCUT2D eigenvalue weighted by Crippen LogP contribution is -2.28. The van der Waals surface area contributed by atoms with Crippen molar-refractivity contribution in [3.05, 3.63) is 24.0 Å². The molecule has 106 valence electrons. The highest BCUT2D eigenvalue weighted by Crippen LogP contribution is 2.07. The van der Waals surface area contributed by atoms with Gasteiger partial charge in [0, 0.05) is 45.7 Å². The van der Waals surface area contributed by atoms with Crippen LogP contribution in [0, 0.1) is 0 Å². The quantitative estimate of drug-likeness (QED) is 0.714. The highest BCUT2D eigenvalue weighted by molar-refractivity contribution is 5.92. The van der Waals surface area contributed by atoms with E-state index in [2.05, 4.69) is 20.5 Å². The van der Waals surface area contributed by atoms with Gasteiger partial charge >= 0.3 is 0 Å². The molecule has 0 saturated heterocycles. The first-order valence-corrected chi connectivity index (χ1v) is 6.27.